The third-order valence-electron chi connectivity index (χ3n) is 3.59. The molecule has 20 heavy (non-hydrogen) atoms. The lowest BCUT2D eigenvalue weighted by Gasteiger charge is -2.21. The average Bonchev–Trinajstić information content (AvgIpc) is 2.98. The molecule has 1 aliphatic rings. The van der Waals surface area contributed by atoms with Crippen molar-refractivity contribution >= 4 is 11.3 Å². The second kappa shape index (κ2) is 6.97. The summed E-state index contributed by atoms with van der Waals surface area (Å²) in [7, 11) is 0. The topological polar surface area (TPSA) is 34.1 Å². The first kappa shape index (κ1) is 13.7. The lowest BCUT2D eigenvalue weighted by atomic mass is 10.0. The minimum Gasteiger partial charge on any atom is -0.381 e. The van der Waals surface area contributed by atoms with Crippen molar-refractivity contribution in [1.29, 1.82) is 0 Å². The van der Waals surface area contributed by atoms with Crippen LogP contribution in [0.3, 0.4) is 0 Å². The molecule has 1 unspecified atom stereocenters. The van der Waals surface area contributed by atoms with Crippen molar-refractivity contribution in [2.45, 2.75) is 19.4 Å². The fraction of sp³-hybridized carbons (Fsp3) is 0.438. The van der Waals surface area contributed by atoms with Crippen LogP contribution in [0, 0.1) is 5.92 Å². The summed E-state index contributed by atoms with van der Waals surface area (Å²) in [6.45, 7) is 3.72. The van der Waals surface area contributed by atoms with Crippen molar-refractivity contribution in [2.24, 2.45) is 5.92 Å². The Hall–Kier alpha value is -1.23. The fourth-order valence-electron chi connectivity index (χ4n) is 2.49. The molecular formula is C16H20N2OS. The van der Waals surface area contributed by atoms with E-state index in [4.69, 9.17) is 4.74 Å². The number of hydrogen-bond acceptors (Lipinski definition) is 4. The largest absolute Gasteiger partial charge is 0.381 e. The highest BCUT2D eigenvalue weighted by Crippen LogP contribution is 2.21. The van der Waals surface area contributed by atoms with Gasteiger partial charge in [-0.05, 0) is 18.8 Å². The monoisotopic (exact) mass is 288 g/mol. The molecule has 1 aliphatic heterocycles. The Balaban J connectivity index is 1.50. The highest BCUT2D eigenvalue weighted by molar-refractivity contribution is 7.09. The molecule has 0 saturated carbocycles. The van der Waals surface area contributed by atoms with Crippen LogP contribution in [0.25, 0.3) is 11.3 Å². The standard InChI is InChI=1S/C16H20N2OS/c1-2-6-14(7-3-1)15-12-20-16(18-15)10-17-9-13-5-4-8-19-11-13/h1-3,6-7,12-13,17H,4-5,8-11H2. The maximum absolute atomic E-state index is 5.49. The van der Waals surface area contributed by atoms with E-state index in [0.717, 1.165) is 37.0 Å². The Labute approximate surface area is 124 Å². The number of thiazole rings is 1. The second-order valence-corrected chi connectivity index (χ2v) is 6.15. The Morgan fingerprint density at radius 2 is 2.20 bits per heavy atom. The Kier molecular flexibility index (Phi) is 4.79. The summed E-state index contributed by atoms with van der Waals surface area (Å²) in [6.07, 6.45) is 2.47. The van der Waals surface area contributed by atoms with E-state index in [9.17, 15) is 0 Å². The van der Waals surface area contributed by atoms with Crippen molar-refractivity contribution in [2.75, 3.05) is 19.8 Å². The van der Waals surface area contributed by atoms with Crippen LogP contribution < -0.4 is 5.32 Å². The Morgan fingerprint density at radius 1 is 1.30 bits per heavy atom. The zero-order valence-corrected chi connectivity index (χ0v) is 12.4. The average molecular weight is 288 g/mol. The van der Waals surface area contributed by atoms with Crippen molar-refractivity contribution < 1.29 is 4.74 Å². The van der Waals surface area contributed by atoms with Gasteiger partial charge in [-0.25, -0.2) is 4.98 Å². The predicted octanol–water partition coefficient (Wildman–Crippen LogP) is 3.33. The van der Waals surface area contributed by atoms with Gasteiger partial charge in [0.15, 0.2) is 0 Å². The van der Waals surface area contributed by atoms with E-state index in [-0.39, 0.29) is 0 Å². The molecule has 1 aromatic carbocycles. The van der Waals surface area contributed by atoms with E-state index in [2.05, 4.69) is 39.9 Å². The molecule has 0 spiro atoms. The van der Waals surface area contributed by atoms with Gasteiger partial charge in [0.1, 0.15) is 5.01 Å². The summed E-state index contributed by atoms with van der Waals surface area (Å²) in [5.74, 6) is 0.664. The van der Waals surface area contributed by atoms with E-state index >= 15 is 0 Å². The van der Waals surface area contributed by atoms with Crippen molar-refractivity contribution in [3.8, 4) is 11.3 Å². The van der Waals surface area contributed by atoms with Gasteiger partial charge in [-0.3, -0.25) is 0 Å². The van der Waals surface area contributed by atoms with E-state index in [1.807, 2.05) is 6.07 Å². The third-order valence-corrected chi connectivity index (χ3v) is 4.43. The number of hydrogen-bond donors (Lipinski definition) is 1. The van der Waals surface area contributed by atoms with E-state index in [1.54, 1.807) is 11.3 Å². The molecule has 0 aliphatic carbocycles. The lowest BCUT2D eigenvalue weighted by molar-refractivity contribution is 0.0547. The molecule has 1 atom stereocenters. The summed E-state index contributed by atoms with van der Waals surface area (Å²) in [4.78, 5) is 4.69. The normalized spacial score (nSPS) is 19.1. The van der Waals surface area contributed by atoms with Gasteiger partial charge in [0, 0.05) is 30.6 Å². The number of rotatable bonds is 5. The third kappa shape index (κ3) is 3.66. The number of nitrogens with one attached hydrogen (secondary N) is 1. The van der Waals surface area contributed by atoms with Crippen LogP contribution in [0.15, 0.2) is 35.7 Å². The van der Waals surface area contributed by atoms with Gasteiger partial charge in [-0.15, -0.1) is 11.3 Å². The maximum atomic E-state index is 5.49. The van der Waals surface area contributed by atoms with Crippen LogP contribution in [-0.4, -0.2) is 24.7 Å². The highest BCUT2D eigenvalue weighted by atomic mass is 32.1. The van der Waals surface area contributed by atoms with Crippen molar-refractivity contribution in [3.05, 3.63) is 40.7 Å². The molecule has 4 heteroatoms. The minimum atomic E-state index is 0.664. The predicted molar refractivity (Wildman–Crippen MR) is 82.8 cm³/mol. The first-order chi connectivity index (χ1) is 9.92. The van der Waals surface area contributed by atoms with Gasteiger partial charge in [-0.1, -0.05) is 30.3 Å². The van der Waals surface area contributed by atoms with Crippen LogP contribution >= 0.6 is 11.3 Å². The summed E-state index contributed by atoms with van der Waals surface area (Å²) in [5, 5.41) is 6.79. The summed E-state index contributed by atoms with van der Waals surface area (Å²) < 4.78 is 5.49. The van der Waals surface area contributed by atoms with Crippen LogP contribution in [0.1, 0.15) is 17.8 Å². The molecule has 0 bridgehead atoms. The smallest absolute Gasteiger partial charge is 0.107 e. The molecule has 2 heterocycles. The number of aromatic nitrogens is 1. The quantitative estimate of drug-likeness (QED) is 0.916. The molecule has 1 aromatic heterocycles. The van der Waals surface area contributed by atoms with Crippen molar-refractivity contribution in [1.82, 2.24) is 10.3 Å². The Bertz CT molecular complexity index is 520. The summed E-state index contributed by atoms with van der Waals surface area (Å²) in [6, 6.07) is 10.3. The maximum Gasteiger partial charge on any atom is 0.107 e. The molecule has 0 radical (unpaired) electrons. The lowest BCUT2D eigenvalue weighted by Crippen LogP contribution is -2.28. The van der Waals surface area contributed by atoms with E-state index in [0.29, 0.717) is 5.92 Å². The van der Waals surface area contributed by atoms with Crippen molar-refractivity contribution in [3.63, 3.8) is 0 Å². The molecule has 3 rings (SSSR count). The molecular weight excluding hydrogens is 268 g/mol. The number of benzene rings is 1. The van der Waals surface area contributed by atoms with Gasteiger partial charge in [0.05, 0.1) is 12.3 Å². The molecule has 106 valence electrons. The first-order valence-electron chi connectivity index (χ1n) is 7.20. The van der Waals surface area contributed by atoms with Crippen LogP contribution in [-0.2, 0) is 11.3 Å². The van der Waals surface area contributed by atoms with Crippen LogP contribution in [0.4, 0.5) is 0 Å². The zero-order valence-electron chi connectivity index (χ0n) is 11.5. The SMILES string of the molecule is c1ccc(-c2csc(CNCC3CCCOC3)n2)cc1. The molecule has 3 nitrogen and oxygen atoms in total. The van der Waals surface area contributed by atoms with Gasteiger partial charge < -0.3 is 10.1 Å². The molecule has 1 N–H and O–H groups in total. The molecule has 0 amide bonds. The number of ether oxygens (including phenoxy) is 1. The van der Waals surface area contributed by atoms with E-state index < -0.39 is 0 Å². The zero-order chi connectivity index (χ0) is 13.6. The van der Waals surface area contributed by atoms with Gasteiger partial charge in [0.2, 0.25) is 0 Å². The summed E-state index contributed by atoms with van der Waals surface area (Å²) in [5.41, 5.74) is 2.27. The molecule has 2 aromatic rings. The van der Waals surface area contributed by atoms with Crippen LogP contribution in [0.5, 0.6) is 0 Å². The number of nitrogens with zero attached hydrogens (tertiary/aromatic N) is 1. The van der Waals surface area contributed by atoms with Gasteiger partial charge in [-0.2, -0.15) is 0 Å². The minimum absolute atomic E-state index is 0.664. The molecule has 1 fully saturated rings. The van der Waals surface area contributed by atoms with E-state index in [1.165, 1.54) is 18.4 Å². The Morgan fingerprint density at radius 3 is 3.00 bits per heavy atom. The summed E-state index contributed by atoms with van der Waals surface area (Å²) >= 11 is 1.73. The fourth-order valence-corrected chi connectivity index (χ4v) is 3.26. The second-order valence-electron chi connectivity index (χ2n) is 5.21. The van der Waals surface area contributed by atoms with Crippen LogP contribution in [0.2, 0.25) is 0 Å². The van der Waals surface area contributed by atoms with Gasteiger partial charge >= 0.3 is 0 Å². The first-order valence-corrected chi connectivity index (χ1v) is 8.08. The van der Waals surface area contributed by atoms with Gasteiger partial charge in [0.25, 0.3) is 0 Å². The molecule has 1 saturated heterocycles. The highest BCUT2D eigenvalue weighted by Gasteiger charge is 2.13.